The Morgan fingerprint density at radius 2 is 2.20 bits per heavy atom. The SMILES string of the molecule is COc1csc(C(=O)NCCOC2CCC(N)CC2)c1. The summed E-state index contributed by atoms with van der Waals surface area (Å²) in [5, 5.41) is 4.67. The number of thiophene rings is 1. The summed E-state index contributed by atoms with van der Waals surface area (Å²) in [5.41, 5.74) is 5.85. The van der Waals surface area contributed by atoms with Gasteiger partial charge in [0.05, 0.1) is 24.7 Å². The molecule has 1 aromatic rings. The van der Waals surface area contributed by atoms with Crippen LogP contribution in [0.4, 0.5) is 0 Å². The van der Waals surface area contributed by atoms with Crippen LogP contribution in [0, 0.1) is 0 Å². The predicted octanol–water partition coefficient (Wildman–Crippen LogP) is 1.77. The van der Waals surface area contributed by atoms with Gasteiger partial charge in [0.15, 0.2) is 0 Å². The van der Waals surface area contributed by atoms with Gasteiger partial charge in [-0.05, 0) is 25.7 Å². The average molecular weight is 298 g/mol. The third kappa shape index (κ3) is 4.47. The van der Waals surface area contributed by atoms with E-state index in [1.165, 1.54) is 11.3 Å². The number of hydrogen-bond donors (Lipinski definition) is 2. The molecular weight excluding hydrogens is 276 g/mol. The number of carbonyl (C=O) groups is 1. The lowest BCUT2D eigenvalue weighted by molar-refractivity contribution is 0.0268. The number of methoxy groups -OCH3 is 1. The summed E-state index contributed by atoms with van der Waals surface area (Å²) in [7, 11) is 1.59. The molecule has 0 aromatic carbocycles. The Morgan fingerprint density at radius 3 is 2.85 bits per heavy atom. The molecule has 3 N–H and O–H groups in total. The van der Waals surface area contributed by atoms with E-state index in [-0.39, 0.29) is 5.91 Å². The quantitative estimate of drug-likeness (QED) is 0.785. The monoisotopic (exact) mass is 298 g/mol. The van der Waals surface area contributed by atoms with Crippen LogP contribution in [0.1, 0.15) is 35.4 Å². The summed E-state index contributed by atoms with van der Waals surface area (Å²) in [6.45, 7) is 1.08. The second-order valence-electron chi connectivity index (χ2n) is 5.01. The lowest BCUT2D eigenvalue weighted by atomic mass is 9.94. The Kier molecular flexibility index (Phi) is 5.82. The van der Waals surface area contributed by atoms with Crippen LogP contribution in [0.3, 0.4) is 0 Å². The van der Waals surface area contributed by atoms with Crippen LogP contribution in [0.5, 0.6) is 5.75 Å². The molecule has 20 heavy (non-hydrogen) atoms. The van der Waals surface area contributed by atoms with Crippen molar-refractivity contribution in [2.45, 2.75) is 37.8 Å². The van der Waals surface area contributed by atoms with Crippen LogP contribution in [-0.2, 0) is 4.74 Å². The van der Waals surface area contributed by atoms with E-state index in [1.807, 2.05) is 5.38 Å². The molecule has 5 nitrogen and oxygen atoms in total. The van der Waals surface area contributed by atoms with Crippen molar-refractivity contribution in [1.29, 1.82) is 0 Å². The van der Waals surface area contributed by atoms with E-state index in [2.05, 4.69) is 5.32 Å². The fourth-order valence-corrected chi connectivity index (χ4v) is 3.05. The molecule has 1 heterocycles. The first-order valence-electron chi connectivity index (χ1n) is 6.97. The van der Waals surface area contributed by atoms with Gasteiger partial charge in [-0.25, -0.2) is 0 Å². The maximum Gasteiger partial charge on any atom is 0.261 e. The second kappa shape index (κ2) is 7.61. The molecule has 0 bridgehead atoms. The van der Waals surface area contributed by atoms with Gasteiger partial charge in [-0.1, -0.05) is 0 Å². The van der Waals surface area contributed by atoms with Crippen molar-refractivity contribution in [2.24, 2.45) is 5.73 Å². The Bertz CT molecular complexity index is 428. The summed E-state index contributed by atoms with van der Waals surface area (Å²) in [6, 6.07) is 2.08. The standard InChI is InChI=1S/C14H22N2O3S/c1-18-12-8-13(20-9-12)14(17)16-6-7-19-11-4-2-10(15)3-5-11/h8-11H,2-7,15H2,1H3,(H,16,17). The summed E-state index contributed by atoms with van der Waals surface area (Å²) in [4.78, 5) is 12.5. The number of nitrogens with one attached hydrogen (secondary N) is 1. The van der Waals surface area contributed by atoms with Crippen molar-refractivity contribution in [3.05, 3.63) is 16.3 Å². The van der Waals surface area contributed by atoms with E-state index >= 15 is 0 Å². The second-order valence-corrected chi connectivity index (χ2v) is 5.93. The zero-order valence-corrected chi connectivity index (χ0v) is 12.6. The number of hydrogen-bond acceptors (Lipinski definition) is 5. The van der Waals surface area contributed by atoms with Gasteiger partial charge in [0.25, 0.3) is 5.91 Å². The van der Waals surface area contributed by atoms with Gasteiger partial charge in [-0.15, -0.1) is 11.3 Å². The first-order chi connectivity index (χ1) is 9.69. The van der Waals surface area contributed by atoms with Crippen LogP contribution >= 0.6 is 11.3 Å². The smallest absolute Gasteiger partial charge is 0.261 e. The van der Waals surface area contributed by atoms with Crippen molar-refractivity contribution in [3.63, 3.8) is 0 Å². The molecule has 2 rings (SSSR count). The molecule has 1 aliphatic carbocycles. The third-order valence-electron chi connectivity index (χ3n) is 3.49. The minimum Gasteiger partial charge on any atom is -0.496 e. The van der Waals surface area contributed by atoms with Gasteiger partial charge in [0.1, 0.15) is 5.75 Å². The normalized spacial score (nSPS) is 22.5. The highest BCUT2D eigenvalue weighted by molar-refractivity contribution is 7.12. The van der Waals surface area contributed by atoms with E-state index in [9.17, 15) is 4.79 Å². The lowest BCUT2D eigenvalue weighted by Gasteiger charge is -2.26. The highest BCUT2D eigenvalue weighted by Crippen LogP contribution is 2.21. The molecule has 1 saturated carbocycles. The average Bonchev–Trinajstić information content (AvgIpc) is 2.94. The van der Waals surface area contributed by atoms with E-state index in [1.54, 1.807) is 13.2 Å². The predicted molar refractivity (Wildman–Crippen MR) is 79.4 cm³/mol. The molecule has 6 heteroatoms. The van der Waals surface area contributed by atoms with Crippen LogP contribution in [0.25, 0.3) is 0 Å². The Morgan fingerprint density at radius 1 is 1.45 bits per heavy atom. The third-order valence-corrected chi connectivity index (χ3v) is 4.40. The molecule has 0 atom stereocenters. The molecule has 1 fully saturated rings. The van der Waals surface area contributed by atoms with Crippen molar-refractivity contribution >= 4 is 17.2 Å². The molecule has 0 radical (unpaired) electrons. The Balaban J connectivity index is 1.62. The number of amides is 1. The number of carbonyl (C=O) groups excluding carboxylic acids is 1. The van der Waals surface area contributed by atoms with Crippen molar-refractivity contribution in [1.82, 2.24) is 5.32 Å². The summed E-state index contributed by atoms with van der Waals surface area (Å²) >= 11 is 1.38. The molecule has 112 valence electrons. The largest absolute Gasteiger partial charge is 0.496 e. The van der Waals surface area contributed by atoms with E-state index < -0.39 is 0 Å². The zero-order chi connectivity index (χ0) is 14.4. The minimum atomic E-state index is -0.0763. The van der Waals surface area contributed by atoms with Crippen molar-refractivity contribution < 1.29 is 14.3 Å². The molecule has 0 unspecified atom stereocenters. The minimum absolute atomic E-state index is 0.0763. The van der Waals surface area contributed by atoms with E-state index in [4.69, 9.17) is 15.2 Å². The van der Waals surface area contributed by atoms with Crippen molar-refractivity contribution in [2.75, 3.05) is 20.3 Å². The maximum absolute atomic E-state index is 11.8. The fraction of sp³-hybridized carbons (Fsp3) is 0.643. The van der Waals surface area contributed by atoms with Gasteiger partial charge in [-0.2, -0.15) is 0 Å². The molecular formula is C14H22N2O3S. The van der Waals surface area contributed by atoms with Crippen molar-refractivity contribution in [3.8, 4) is 5.75 Å². The molecule has 0 saturated heterocycles. The van der Waals surface area contributed by atoms with Gasteiger partial charge < -0.3 is 20.5 Å². The van der Waals surface area contributed by atoms with Gasteiger partial charge in [0.2, 0.25) is 0 Å². The van der Waals surface area contributed by atoms with Crippen LogP contribution in [0.2, 0.25) is 0 Å². The topological polar surface area (TPSA) is 73.6 Å². The number of ether oxygens (including phenoxy) is 2. The fourth-order valence-electron chi connectivity index (χ4n) is 2.28. The summed E-state index contributed by atoms with van der Waals surface area (Å²) in [6.07, 6.45) is 4.42. The van der Waals surface area contributed by atoms with Crippen LogP contribution in [-0.4, -0.2) is 38.3 Å². The highest BCUT2D eigenvalue weighted by Gasteiger charge is 2.18. The summed E-state index contributed by atoms with van der Waals surface area (Å²) < 4.78 is 10.8. The number of nitrogens with two attached hydrogens (primary N) is 1. The van der Waals surface area contributed by atoms with Gasteiger partial charge in [-0.3, -0.25) is 4.79 Å². The highest BCUT2D eigenvalue weighted by atomic mass is 32.1. The number of rotatable bonds is 6. The Labute approximate surface area is 123 Å². The van der Waals surface area contributed by atoms with Gasteiger partial charge >= 0.3 is 0 Å². The molecule has 1 aliphatic rings. The van der Waals surface area contributed by atoms with Crippen LogP contribution < -0.4 is 15.8 Å². The van der Waals surface area contributed by atoms with E-state index in [0.29, 0.717) is 30.2 Å². The molecule has 1 aromatic heterocycles. The first-order valence-corrected chi connectivity index (χ1v) is 7.85. The molecule has 0 aliphatic heterocycles. The molecule has 1 amide bonds. The Hall–Kier alpha value is -1.11. The first kappa shape index (κ1) is 15.3. The summed E-state index contributed by atoms with van der Waals surface area (Å²) in [5.74, 6) is 0.641. The molecule has 0 spiro atoms. The van der Waals surface area contributed by atoms with Crippen LogP contribution in [0.15, 0.2) is 11.4 Å². The lowest BCUT2D eigenvalue weighted by Crippen LogP contribution is -2.32. The zero-order valence-electron chi connectivity index (χ0n) is 11.8. The van der Waals surface area contributed by atoms with Gasteiger partial charge in [0, 0.05) is 24.0 Å². The van der Waals surface area contributed by atoms with E-state index in [0.717, 1.165) is 31.4 Å². The maximum atomic E-state index is 11.8.